The van der Waals surface area contributed by atoms with Crippen molar-refractivity contribution in [2.75, 3.05) is 58.0 Å². The third-order valence-electron chi connectivity index (χ3n) is 40.1. The Hall–Kier alpha value is 1.85. The number of nitrogens with one attached hydrogen (secondary N) is 6. The minimum Gasteiger partial charge on any atom is -0.389 e. The van der Waals surface area contributed by atoms with Gasteiger partial charge < -0.3 is 79.1 Å². The van der Waals surface area contributed by atoms with Crippen LogP contribution in [0.3, 0.4) is 0 Å². The van der Waals surface area contributed by atoms with Crippen molar-refractivity contribution in [3.63, 3.8) is 0 Å². The summed E-state index contributed by atoms with van der Waals surface area (Å²) in [7, 11) is 6.90. The van der Waals surface area contributed by atoms with Crippen LogP contribution in [0.2, 0.25) is 0 Å². The molecule has 25 fully saturated rings. The number of piperidine rings is 6. The third-order valence-corrected chi connectivity index (χ3v) is 43.5. The lowest BCUT2D eigenvalue weighted by Crippen LogP contribution is -2.44. The van der Waals surface area contributed by atoms with Crippen molar-refractivity contribution in [1.29, 1.82) is 0 Å². The zero-order valence-electron chi connectivity index (χ0n) is 101. The highest BCUT2D eigenvalue weighted by Crippen LogP contribution is 2.46. The Morgan fingerprint density at radius 2 is 0.419 bits per heavy atom. The second-order valence-electron chi connectivity index (χ2n) is 55.5. The van der Waals surface area contributed by atoms with E-state index in [0.29, 0.717) is 57.9 Å². The number of thiol groups is 7. The van der Waals surface area contributed by atoms with E-state index < -0.39 is 16.8 Å². The van der Waals surface area contributed by atoms with Gasteiger partial charge in [-0.3, -0.25) is 0 Å². The maximum atomic E-state index is 9.31. The molecule has 15 aliphatic heterocycles. The Labute approximate surface area is 956 Å². The van der Waals surface area contributed by atoms with Crippen molar-refractivity contribution in [1.82, 2.24) is 46.6 Å². The number of hydrogen-bond acceptors (Lipinski definition) is 22. The summed E-state index contributed by atoms with van der Waals surface area (Å²) in [6.07, 6.45) is 74.9. The van der Waals surface area contributed by atoms with Crippen molar-refractivity contribution >= 4 is 88.4 Å². The molecular formula is C126H252N12O3S7. The maximum Gasteiger partial charge on any atom is 0.0740 e. The molecule has 15 nitrogen and oxygen atoms in total. The largest absolute Gasteiger partial charge is 0.389 e. The third kappa shape index (κ3) is 51.5. The molecule has 22 heteroatoms. The van der Waals surface area contributed by atoms with E-state index in [9.17, 15) is 15.3 Å². The van der Waals surface area contributed by atoms with Gasteiger partial charge in [0.1, 0.15) is 0 Å². The van der Waals surface area contributed by atoms with E-state index in [0.717, 1.165) is 222 Å². The van der Waals surface area contributed by atoms with E-state index in [1.54, 1.807) is 0 Å². The number of aliphatic hydroxyl groups is 3. The summed E-state index contributed by atoms with van der Waals surface area (Å²) < 4.78 is 0.388. The van der Waals surface area contributed by atoms with Crippen LogP contribution in [-0.4, -0.2) is 234 Å². The standard InChI is InChI=1S/3C9H17N.3C8H15N.3C6H13N.3C6H12OS.4C6H12S.3C5H11N/c3*1-7-5-8-3-4-9(6-7)10(8)2;3*1-6-4-7-2-3-8(5-6)9-7;3*1-2-5-3-6(7)4-5;3*1-5-2-6(7,3-5)4-8;1-5-3-6(2,7)4-5;3*1-2-5-3-6(7)4-5;3*1-2-5-3-4-6-5/h3*7-9H,3-6H2,1-2H3;3*6-9H,2-5H2,1H3;3*5-6H,2-4,7H2,1H3;3*5,7-8H,2-4H2,1H3;5,7H,3-4H2,1-2H3;3*5-7H,2-4H2,1H3;3*5-6H,2-4H2,1H3/t2*7?,8-,9+;;2*6?,7-,8+;;;;;;;;;;;;2*5-;/m................10./s1. The predicted molar refractivity (Wildman–Crippen MR) is 672 cm³/mol. The Bertz CT molecular complexity index is 2850. The van der Waals surface area contributed by atoms with Crippen LogP contribution in [0.25, 0.3) is 0 Å². The minimum atomic E-state index is -0.400. The topological polar surface area (TPSA) is 221 Å². The summed E-state index contributed by atoms with van der Waals surface area (Å²) in [5, 5.41) is 50.9. The highest BCUT2D eigenvalue weighted by Gasteiger charge is 2.45. The molecular weight excluding hydrogens is 1950 g/mol. The van der Waals surface area contributed by atoms with Crippen LogP contribution < -0.4 is 49.1 Å². The highest BCUT2D eigenvalue weighted by molar-refractivity contribution is 7.82. The molecule has 0 aromatic rings. The number of nitrogens with zero attached hydrogens (tertiary/aromatic N) is 3. The molecule has 0 spiro atoms. The Balaban J connectivity index is 0.000000212. The van der Waals surface area contributed by atoms with Gasteiger partial charge in [0.25, 0.3) is 0 Å². The zero-order chi connectivity index (χ0) is 109. The van der Waals surface area contributed by atoms with Gasteiger partial charge in [-0.15, -0.1) is 0 Å². The van der Waals surface area contributed by atoms with Gasteiger partial charge >= 0.3 is 0 Å². The molecule has 25 aliphatic rings. The summed E-state index contributed by atoms with van der Waals surface area (Å²) in [5.41, 5.74) is 15.4. The first-order chi connectivity index (χ1) is 70.2. The van der Waals surface area contributed by atoms with Gasteiger partial charge in [0.15, 0.2) is 0 Å². The van der Waals surface area contributed by atoms with Crippen molar-refractivity contribution in [2.24, 2.45) is 112 Å². The van der Waals surface area contributed by atoms with E-state index in [-0.39, 0.29) is 0 Å². The first kappa shape index (κ1) is 137. The summed E-state index contributed by atoms with van der Waals surface area (Å²) in [6.45, 7) is 49.1. The van der Waals surface area contributed by atoms with Crippen molar-refractivity contribution < 1.29 is 15.3 Å². The number of hydrogen-bond donors (Lipinski definition) is 19. The Kier molecular flexibility index (Phi) is 65.7. The lowest BCUT2D eigenvalue weighted by Gasteiger charge is -2.40. The fourth-order valence-electron chi connectivity index (χ4n) is 29.2. The van der Waals surface area contributed by atoms with Gasteiger partial charge in [-0.05, 0) is 457 Å². The molecule has 10 saturated carbocycles. The number of fused-ring (bicyclic) bond motifs is 12. The van der Waals surface area contributed by atoms with Crippen LogP contribution in [0.1, 0.15) is 498 Å². The average Bonchev–Trinajstić information content (AvgIpc) is 1.64. The normalized spacial score (nSPS) is 44.1. The van der Waals surface area contributed by atoms with Gasteiger partial charge in [0, 0.05) is 147 Å². The lowest BCUT2D eigenvalue weighted by molar-refractivity contribution is -0.0463. The number of rotatable bonds is 12. The van der Waals surface area contributed by atoms with Gasteiger partial charge in [-0.1, -0.05) is 177 Å². The van der Waals surface area contributed by atoms with Gasteiger partial charge in [-0.25, -0.2) is 0 Å². The molecule has 9 unspecified atom stereocenters. The van der Waals surface area contributed by atoms with Crippen molar-refractivity contribution in [3.8, 4) is 0 Å². The average molecular weight is 2210 g/mol. The molecule has 25 rings (SSSR count). The second kappa shape index (κ2) is 71.1. The smallest absolute Gasteiger partial charge is 0.0740 e. The SMILES string of the molecule is CC1CC(C)(S)C1.CC1CC(O)(CS)C1.CC1CC(O)(CS)C1.CC1CC(O)(CS)C1.CC1CC2CCC(C1)N2.CC1CC2CCC(C1)N2C.CC1C[C@H]2CC[C@@H](C1)N2.CC1C[C@H]2CC[C@@H](C1)N2.CC1C[C@H]2CC[C@@H](C1)N2C.CC1C[C@H]2CC[C@@H](C1)N2C.CCC1CC(N)C1.CCC1CC(N)C1.CCC1CC(N)C1.CCC1CC(S)C1.CCC1CC(S)C1.CCC1CC(S)C1.CCC1CCN1.CC[C@@H]1CCN1.CC[C@H]1CCN1. The van der Waals surface area contributed by atoms with Gasteiger partial charge in [0.2, 0.25) is 0 Å². The van der Waals surface area contributed by atoms with Crippen LogP contribution in [0, 0.1) is 94.7 Å². The zero-order valence-corrected chi connectivity index (χ0v) is 107. The van der Waals surface area contributed by atoms with E-state index in [1.165, 1.54) is 341 Å². The molecule has 10 aliphatic carbocycles. The summed E-state index contributed by atoms with van der Waals surface area (Å²) >= 11 is 29.4. The fraction of sp³-hybridized carbons (Fsp3) is 1.00. The summed E-state index contributed by atoms with van der Waals surface area (Å²) in [4.78, 5) is 7.79. The molecule has 0 amide bonds. The molecule has 0 aromatic carbocycles. The quantitative estimate of drug-likeness (QED) is 0.0817. The second-order valence-corrected chi connectivity index (χ2v) is 59.7. The molecule has 15 saturated heterocycles. The van der Waals surface area contributed by atoms with Crippen LogP contribution in [-0.2, 0) is 0 Å². The van der Waals surface area contributed by atoms with Crippen molar-refractivity contribution in [3.05, 3.63) is 0 Å². The summed E-state index contributed by atoms with van der Waals surface area (Å²) in [5.74, 6) is 16.8. The molecule has 12 bridgehead atoms. The van der Waals surface area contributed by atoms with Crippen molar-refractivity contribution in [2.45, 2.75) is 644 Å². The van der Waals surface area contributed by atoms with Crippen LogP contribution >= 0.6 is 88.4 Å². The van der Waals surface area contributed by atoms with Crippen LogP contribution in [0.5, 0.6) is 0 Å². The Morgan fingerprint density at radius 1 is 0.250 bits per heavy atom. The molecule has 0 aromatic heterocycles. The maximum absolute atomic E-state index is 9.31. The first-order valence-electron chi connectivity index (χ1n) is 63.9. The van der Waals surface area contributed by atoms with E-state index in [1.807, 2.05) is 0 Å². The van der Waals surface area contributed by atoms with Crippen LogP contribution in [0.15, 0.2) is 0 Å². The van der Waals surface area contributed by atoms with E-state index in [2.05, 4.69) is 295 Å². The highest BCUT2D eigenvalue weighted by atomic mass is 32.1. The predicted octanol–water partition coefficient (Wildman–Crippen LogP) is 27.6. The number of nitrogens with two attached hydrogens (primary N) is 3. The molecule has 0 radical (unpaired) electrons. The lowest BCUT2D eigenvalue weighted by atomic mass is 9.73. The summed E-state index contributed by atoms with van der Waals surface area (Å²) in [6, 6.07) is 15.2. The van der Waals surface area contributed by atoms with Crippen LogP contribution in [0.4, 0.5) is 0 Å². The van der Waals surface area contributed by atoms with Gasteiger partial charge in [0.05, 0.1) is 16.8 Å². The molecule has 15 heterocycles. The molecule has 148 heavy (non-hydrogen) atoms. The van der Waals surface area contributed by atoms with Gasteiger partial charge in [-0.2, -0.15) is 88.4 Å². The monoisotopic (exact) mass is 2210 g/mol. The molecule has 876 valence electrons. The minimum absolute atomic E-state index is 0.388. The Morgan fingerprint density at radius 3 is 0.507 bits per heavy atom. The first-order valence-corrected chi connectivity index (χ1v) is 67.7. The molecule has 19 atom stereocenters. The molecule has 15 N–H and O–H groups in total. The van der Waals surface area contributed by atoms with E-state index >= 15 is 0 Å². The fourth-order valence-corrected chi connectivity index (χ4v) is 32.4. The van der Waals surface area contributed by atoms with E-state index in [4.69, 9.17) is 17.2 Å².